The van der Waals surface area contributed by atoms with Crippen molar-refractivity contribution in [1.82, 2.24) is 9.97 Å². The normalized spacial score (nSPS) is 20.2. The van der Waals surface area contributed by atoms with Gasteiger partial charge in [-0.1, -0.05) is 12.1 Å². The Hall–Kier alpha value is -2.04. The number of fused-ring (bicyclic) bond motifs is 1. The first-order valence-electron chi connectivity index (χ1n) is 6.16. The summed E-state index contributed by atoms with van der Waals surface area (Å²) in [5.74, 6) is -0.218. The van der Waals surface area contributed by atoms with Gasteiger partial charge in [-0.3, -0.25) is 4.79 Å². The smallest absolute Gasteiger partial charge is 0.308 e. The Morgan fingerprint density at radius 3 is 3.06 bits per heavy atom. The molecular formula is C13H15N3O2. The molecular weight excluding hydrogens is 230 g/mol. The second-order valence-electron chi connectivity index (χ2n) is 4.70. The van der Waals surface area contributed by atoms with Gasteiger partial charge in [0.25, 0.3) is 0 Å². The number of carbonyl (C=O) groups is 1. The molecule has 1 saturated heterocycles. The Kier molecular flexibility index (Phi) is 2.66. The Balaban J connectivity index is 1.87. The zero-order chi connectivity index (χ0) is 12.5. The minimum Gasteiger partial charge on any atom is -0.481 e. The lowest BCUT2D eigenvalue weighted by atomic mass is 9.99. The number of hydrogen-bond acceptors (Lipinski definition) is 3. The lowest BCUT2D eigenvalue weighted by molar-refractivity contribution is -0.141. The van der Waals surface area contributed by atoms with E-state index in [2.05, 4.69) is 9.97 Å². The predicted molar refractivity (Wildman–Crippen MR) is 68.7 cm³/mol. The summed E-state index contributed by atoms with van der Waals surface area (Å²) in [6, 6.07) is 7.84. The average molecular weight is 245 g/mol. The molecule has 1 aliphatic rings. The average Bonchev–Trinajstić information content (AvgIpc) is 2.82. The van der Waals surface area contributed by atoms with E-state index in [1.54, 1.807) is 0 Å². The van der Waals surface area contributed by atoms with Gasteiger partial charge >= 0.3 is 5.97 Å². The zero-order valence-corrected chi connectivity index (χ0v) is 9.97. The lowest BCUT2D eigenvalue weighted by Gasteiger charge is -2.30. The van der Waals surface area contributed by atoms with Crippen molar-refractivity contribution >= 4 is 23.0 Å². The highest BCUT2D eigenvalue weighted by atomic mass is 16.4. The van der Waals surface area contributed by atoms with E-state index < -0.39 is 5.97 Å². The van der Waals surface area contributed by atoms with Gasteiger partial charge in [0.2, 0.25) is 5.95 Å². The number of H-pyrrole nitrogens is 1. The van der Waals surface area contributed by atoms with Crippen molar-refractivity contribution in [2.24, 2.45) is 5.92 Å². The minimum absolute atomic E-state index is 0.285. The number of rotatable bonds is 2. The van der Waals surface area contributed by atoms with E-state index in [1.165, 1.54) is 0 Å². The van der Waals surface area contributed by atoms with Crippen LogP contribution in [0.2, 0.25) is 0 Å². The summed E-state index contributed by atoms with van der Waals surface area (Å²) in [5.41, 5.74) is 1.91. The third kappa shape index (κ3) is 1.92. The molecule has 0 aliphatic carbocycles. The van der Waals surface area contributed by atoms with Crippen molar-refractivity contribution in [3.05, 3.63) is 24.3 Å². The monoisotopic (exact) mass is 245 g/mol. The fourth-order valence-electron chi connectivity index (χ4n) is 2.46. The molecule has 1 aliphatic heterocycles. The molecule has 2 N–H and O–H groups in total. The number of piperidine rings is 1. The Morgan fingerprint density at radius 2 is 2.28 bits per heavy atom. The first-order chi connectivity index (χ1) is 8.74. The van der Waals surface area contributed by atoms with E-state index in [1.807, 2.05) is 29.2 Å². The molecule has 0 amide bonds. The molecule has 1 aromatic heterocycles. The van der Waals surface area contributed by atoms with Crippen LogP contribution in [-0.4, -0.2) is 34.1 Å². The highest BCUT2D eigenvalue weighted by molar-refractivity contribution is 5.77. The maximum Gasteiger partial charge on any atom is 0.308 e. The molecule has 94 valence electrons. The number of nitrogens with zero attached hydrogens (tertiary/aromatic N) is 2. The van der Waals surface area contributed by atoms with Crippen molar-refractivity contribution in [3.63, 3.8) is 0 Å². The number of aromatic nitrogens is 2. The number of benzene rings is 1. The first-order valence-corrected chi connectivity index (χ1v) is 6.16. The van der Waals surface area contributed by atoms with Crippen molar-refractivity contribution in [2.45, 2.75) is 12.8 Å². The summed E-state index contributed by atoms with van der Waals surface area (Å²) < 4.78 is 0. The number of carboxylic acid groups (broad SMARTS) is 1. The van der Waals surface area contributed by atoms with Gasteiger partial charge in [-0.05, 0) is 25.0 Å². The molecule has 2 heterocycles. The third-order valence-electron chi connectivity index (χ3n) is 3.45. The summed E-state index contributed by atoms with van der Waals surface area (Å²) in [5, 5.41) is 9.09. The second kappa shape index (κ2) is 4.33. The van der Waals surface area contributed by atoms with Gasteiger partial charge in [-0.15, -0.1) is 0 Å². The van der Waals surface area contributed by atoms with Crippen LogP contribution in [0.25, 0.3) is 11.0 Å². The van der Waals surface area contributed by atoms with Crippen LogP contribution < -0.4 is 4.90 Å². The summed E-state index contributed by atoms with van der Waals surface area (Å²) in [4.78, 5) is 20.8. The largest absolute Gasteiger partial charge is 0.481 e. The number of hydrogen-bond donors (Lipinski definition) is 2. The van der Waals surface area contributed by atoms with Crippen LogP contribution in [0.4, 0.5) is 5.95 Å². The van der Waals surface area contributed by atoms with Crippen LogP contribution >= 0.6 is 0 Å². The zero-order valence-electron chi connectivity index (χ0n) is 9.97. The van der Waals surface area contributed by atoms with E-state index in [0.717, 1.165) is 36.4 Å². The summed E-state index contributed by atoms with van der Waals surface area (Å²) in [7, 11) is 0. The van der Waals surface area contributed by atoms with Crippen molar-refractivity contribution in [3.8, 4) is 0 Å². The molecule has 1 aromatic carbocycles. The van der Waals surface area contributed by atoms with Gasteiger partial charge in [0, 0.05) is 13.1 Å². The molecule has 5 nitrogen and oxygen atoms in total. The van der Waals surface area contributed by atoms with Crippen LogP contribution in [0.5, 0.6) is 0 Å². The van der Waals surface area contributed by atoms with Gasteiger partial charge in [0.15, 0.2) is 0 Å². The number of anilines is 1. The SMILES string of the molecule is O=C(O)C1CCCN(c2nc3ccccc3[nH]2)C1. The van der Waals surface area contributed by atoms with E-state index in [4.69, 9.17) is 5.11 Å². The third-order valence-corrected chi connectivity index (χ3v) is 3.45. The number of carboxylic acids is 1. The van der Waals surface area contributed by atoms with Crippen LogP contribution in [-0.2, 0) is 4.79 Å². The Bertz CT molecular complexity index is 545. The second-order valence-corrected chi connectivity index (χ2v) is 4.70. The quantitative estimate of drug-likeness (QED) is 0.847. The van der Waals surface area contributed by atoms with Gasteiger partial charge < -0.3 is 15.0 Å². The standard InChI is InChI=1S/C13H15N3O2/c17-12(18)9-4-3-7-16(8-9)13-14-10-5-1-2-6-11(10)15-13/h1-2,5-6,9H,3-4,7-8H2,(H,14,15)(H,17,18). The molecule has 0 bridgehead atoms. The molecule has 2 aromatic rings. The number of aromatic amines is 1. The van der Waals surface area contributed by atoms with Gasteiger partial charge in [0.05, 0.1) is 17.0 Å². The predicted octanol–water partition coefficient (Wildman–Crippen LogP) is 1.86. The molecule has 1 unspecified atom stereocenters. The molecule has 0 radical (unpaired) electrons. The summed E-state index contributed by atoms with van der Waals surface area (Å²) in [6.07, 6.45) is 1.65. The van der Waals surface area contributed by atoms with E-state index in [9.17, 15) is 4.79 Å². The summed E-state index contributed by atoms with van der Waals surface area (Å²) in [6.45, 7) is 1.40. The molecule has 1 fully saturated rings. The van der Waals surface area contributed by atoms with E-state index in [0.29, 0.717) is 6.54 Å². The first kappa shape index (κ1) is 11.1. The number of para-hydroxylation sites is 2. The number of imidazole rings is 1. The van der Waals surface area contributed by atoms with E-state index in [-0.39, 0.29) is 5.92 Å². The number of nitrogens with one attached hydrogen (secondary N) is 1. The van der Waals surface area contributed by atoms with Crippen LogP contribution in [0, 0.1) is 5.92 Å². The van der Waals surface area contributed by atoms with Gasteiger partial charge in [-0.2, -0.15) is 0 Å². The minimum atomic E-state index is -0.712. The van der Waals surface area contributed by atoms with Crippen LogP contribution in [0.1, 0.15) is 12.8 Å². The fraction of sp³-hybridized carbons (Fsp3) is 0.385. The molecule has 0 saturated carbocycles. The maximum absolute atomic E-state index is 11.0. The van der Waals surface area contributed by atoms with Crippen molar-refractivity contribution in [1.29, 1.82) is 0 Å². The molecule has 0 spiro atoms. The summed E-state index contributed by atoms with van der Waals surface area (Å²) >= 11 is 0. The van der Waals surface area contributed by atoms with Crippen molar-refractivity contribution in [2.75, 3.05) is 18.0 Å². The fourth-order valence-corrected chi connectivity index (χ4v) is 2.46. The highest BCUT2D eigenvalue weighted by Crippen LogP contribution is 2.23. The van der Waals surface area contributed by atoms with Crippen molar-refractivity contribution < 1.29 is 9.90 Å². The van der Waals surface area contributed by atoms with E-state index >= 15 is 0 Å². The molecule has 3 rings (SSSR count). The maximum atomic E-state index is 11.0. The van der Waals surface area contributed by atoms with Crippen LogP contribution in [0.15, 0.2) is 24.3 Å². The Morgan fingerprint density at radius 1 is 1.44 bits per heavy atom. The van der Waals surface area contributed by atoms with Gasteiger partial charge in [-0.25, -0.2) is 4.98 Å². The number of aliphatic carboxylic acids is 1. The molecule has 5 heteroatoms. The topological polar surface area (TPSA) is 69.2 Å². The Labute approximate surface area is 104 Å². The molecule has 18 heavy (non-hydrogen) atoms. The van der Waals surface area contributed by atoms with Crippen LogP contribution in [0.3, 0.4) is 0 Å². The highest BCUT2D eigenvalue weighted by Gasteiger charge is 2.26. The van der Waals surface area contributed by atoms with Gasteiger partial charge in [0.1, 0.15) is 0 Å². The molecule has 1 atom stereocenters. The lowest BCUT2D eigenvalue weighted by Crippen LogP contribution is -2.39.